The van der Waals surface area contributed by atoms with Crippen molar-refractivity contribution in [3.63, 3.8) is 0 Å². The van der Waals surface area contributed by atoms with E-state index >= 15 is 0 Å². The highest BCUT2D eigenvalue weighted by atomic mass is 16.2. The molecule has 0 heterocycles. The molecule has 0 radical (unpaired) electrons. The number of fused-ring (bicyclic) bond motifs is 1. The normalized spacial score (nSPS) is 16.8. The Hall–Kier alpha value is -1.87. The summed E-state index contributed by atoms with van der Waals surface area (Å²) in [5.41, 5.74) is 6.08. The van der Waals surface area contributed by atoms with E-state index in [0.29, 0.717) is 0 Å². The van der Waals surface area contributed by atoms with Crippen LogP contribution in [0.1, 0.15) is 12.8 Å². The molecular weight excluding hydrogens is 212 g/mol. The van der Waals surface area contributed by atoms with Crippen molar-refractivity contribution in [1.29, 1.82) is 0 Å². The quantitative estimate of drug-likeness (QED) is 0.825. The first-order valence-corrected chi connectivity index (χ1v) is 5.77. The van der Waals surface area contributed by atoms with Crippen LogP contribution in [0.5, 0.6) is 0 Å². The molecule has 0 aromatic heterocycles. The molecule has 0 saturated heterocycles. The van der Waals surface area contributed by atoms with Crippen molar-refractivity contribution in [2.75, 3.05) is 5.32 Å². The SMILES string of the molecule is NC1(C(=O)Nc2cccc3ccccc23)CC1. The number of hydrogen-bond acceptors (Lipinski definition) is 2. The minimum absolute atomic E-state index is 0.0751. The third-order valence-electron chi connectivity index (χ3n) is 3.28. The molecule has 3 nitrogen and oxygen atoms in total. The van der Waals surface area contributed by atoms with Crippen molar-refractivity contribution in [2.45, 2.75) is 18.4 Å². The predicted molar refractivity (Wildman–Crippen MR) is 68.7 cm³/mol. The highest BCUT2D eigenvalue weighted by Gasteiger charge is 2.45. The first kappa shape index (κ1) is 10.3. The van der Waals surface area contributed by atoms with Crippen molar-refractivity contribution in [1.82, 2.24) is 0 Å². The molecule has 1 amide bonds. The van der Waals surface area contributed by atoms with Gasteiger partial charge in [0.1, 0.15) is 0 Å². The Kier molecular flexibility index (Phi) is 2.16. The molecule has 1 saturated carbocycles. The number of carbonyl (C=O) groups is 1. The van der Waals surface area contributed by atoms with Gasteiger partial charge in [-0.1, -0.05) is 36.4 Å². The van der Waals surface area contributed by atoms with E-state index in [-0.39, 0.29) is 5.91 Å². The summed E-state index contributed by atoms with van der Waals surface area (Å²) in [5.74, 6) is -0.0751. The summed E-state index contributed by atoms with van der Waals surface area (Å²) >= 11 is 0. The summed E-state index contributed by atoms with van der Waals surface area (Å²) < 4.78 is 0. The van der Waals surface area contributed by atoms with Gasteiger partial charge in [0.15, 0.2) is 0 Å². The fraction of sp³-hybridized carbons (Fsp3) is 0.214. The molecular formula is C14H14N2O. The Morgan fingerprint density at radius 2 is 1.82 bits per heavy atom. The molecule has 1 aliphatic carbocycles. The van der Waals surface area contributed by atoms with Crippen molar-refractivity contribution in [3.05, 3.63) is 42.5 Å². The average molecular weight is 226 g/mol. The van der Waals surface area contributed by atoms with E-state index in [2.05, 4.69) is 5.32 Å². The molecule has 17 heavy (non-hydrogen) atoms. The lowest BCUT2D eigenvalue weighted by atomic mass is 10.1. The fourth-order valence-electron chi connectivity index (χ4n) is 1.94. The van der Waals surface area contributed by atoms with Gasteiger partial charge >= 0.3 is 0 Å². The number of benzene rings is 2. The zero-order chi connectivity index (χ0) is 11.9. The summed E-state index contributed by atoms with van der Waals surface area (Å²) in [5, 5.41) is 5.09. The summed E-state index contributed by atoms with van der Waals surface area (Å²) in [6.45, 7) is 0. The minimum Gasteiger partial charge on any atom is -0.324 e. The van der Waals surface area contributed by atoms with Crippen molar-refractivity contribution < 1.29 is 4.79 Å². The molecule has 1 fully saturated rings. The van der Waals surface area contributed by atoms with Gasteiger partial charge in [-0.05, 0) is 24.3 Å². The number of amides is 1. The summed E-state index contributed by atoms with van der Waals surface area (Å²) in [4.78, 5) is 11.9. The van der Waals surface area contributed by atoms with Gasteiger partial charge in [0.25, 0.3) is 0 Å². The van der Waals surface area contributed by atoms with E-state index in [9.17, 15) is 4.79 Å². The Labute approximate surface area is 99.6 Å². The van der Waals surface area contributed by atoms with E-state index in [1.165, 1.54) is 0 Å². The first-order valence-electron chi connectivity index (χ1n) is 5.77. The lowest BCUT2D eigenvalue weighted by molar-refractivity contribution is -0.118. The Morgan fingerprint density at radius 1 is 1.12 bits per heavy atom. The fourth-order valence-corrected chi connectivity index (χ4v) is 1.94. The molecule has 1 aliphatic rings. The van der Waals surface area contributed by atoms with Crippen molar-refractivity contribution in [3.8, 4) is 0 Å². The Morgan fingerprint density at radius 3 is 2.59 bits per heavy atom. The Balaban J connectivity index is 1.97. The van der Waals surface area contributed by atoms with Crippen LogP contribution in [0.15, 0.2) is 42.5 Å². The monoisotopic (exact) mass is 226 g/mol. The van der Waals surface area contributed by atoms with Crippen LogP contribution < -0.4 is 11.1 Å². The standard InChI is InChI=1S/C14H14N2O/c15-14(8-9-14)13(17)16-12-7-3-5-10-4-1-2-6-11(10)12/h1-7H,8-9,15H2,(H,16,17). The number of rotatable bonds is 2. The van der Waals surface area contributed by atoms with E-state index in [4.69, 9.17) is 5.73 Å². The number of carbonyl (C=O) groups excluding carboxylic acids is 1. The molecule has 2 aromatic rings. The van der Waals surface area contributed by atoms with Gasteiger partial charge in [0.2, 0.25) is 5.91 Å². The first-order chi connectivity index (χ1) is 8.19. The molecule has 3 heteroatoms. The summed E-state index contributed by atoms with van der Waals surface area (Å²) in [6.07, 6.45) is 1.56. The zero-order valence-corrected chi connectivity index (χ0v) is 9.44. The molecule has 0 bridgehead atoms. The molecule has 0 unspecified atom stereocenters. The van der Waals surface area contributed by atoms with E-state index in [1.807, 2.05) is 42.5 Å². The molecule has 3 N–H and O–H groups in total. The maximum absolute atomic E-state index is 11.9. The predicted octanol–water partition coefficient (Wildman–Crippen LogP) is 2.27. The highest BCUT2D eigenvalue weighted by Crippen LogP contribution is 2.34. The lowest BCUT2D eigenvalue weighted by Crippen LogP contribution is -2.37. The number of nitrogens with one attached hydrogen (secondary N) is 1. The van der Waals surface area contributed by atoms with Crippen LogP contribution in [0.4, 0.5) is 5.69 Å². The van der Waals surface area contributed by atoms with Gasteiger partial charge in [0, 0.05) is 11.1 Å². The van der Waals surface area contributed by atoms with Gasteiger partial charge < -0.3 is 11.1 Å². The van der Waals surface area contributed by atoms with Crippen LogP contribution >= 0.6 is 0 Å². The largest absolute Gasteiger partial charge is 0.324 e. The van der Waals surface area contributed by atoms with Crippen LogP contribution in [0, 0.1) is 0 Å². The van der Waals surface area contributed by atoms with Crippen LogP contribution in [0.3, 0.4) is 0 Å². The second-order valence-corrected chi connectivity index (χ2v) is 4.64. The minimum atomic E-state index is -0.628. The maximum Gasteiger partial charge on any atom is 0.244 e. The summed E-state index contributed by atoms with van der Waals surface area (Å²) in [7, 11) is 0. The average Bonchev–Trinajstić information content (AvgIpc) is 3.09. The summed E-state index contributed by atoms with van der Waals surface area (Å²) in [6, 6.07) is 13.9. The molecule has 2 aromatic carbocycles. The van der Waals surface area contributed by atoms with Crippen LogP contribution in [-0.4, -0.2) is 11.4 Å². The van der Waals surface area contributed by atoms with E-state index in [1.54, 1.807) is 0 Å². The van der Waals surface area contributed by atoms with E-state index < -0.39 is 5.54 Å². The smallest absolute Gasteiger partial charge is 0.244 e. The third-order valence-corrected chi connectivity index (χ3v) is 3.28. The van der Waals surface area contributed by atoms with Crippen LogP contribution in [0.25, 0.3) is 10.8 Å². The van der Waals surface area contributed by atoms with Gasteiger partial charge in [-0.25, -0.2) is 0 Å². The van der Waals surface area contributed by atoms with Gasteiger partial charge in [0.05, 0.1) is 5.54 Å². The molecule has 86 valence electrons. The Bertz CT molecular complexity index is 582. The van der Waals surface area contributed by atoms with Crippen LogP contribution in [0.2, 0.25) is 0 Å². The molecule has 0 spiro atoms. The number of nitrogens with two attached hydrogens (primary N) is 1. The topological polar surface area (TPSA) is 55.1 Å². The van der Waals surface area contributed by atoms with Crippen LogP contribution in [-0.2, 0) is 4.79 Å². The second kappa shape index (κ2) is 3.57. The lowest BCUT2D eigenvalue weighted by Gasteiger charge is -2.12. The third kappa shape index (κ3) is 1.78. The molecule has 0 aliphatic heterocycles. The number of anilines is 1. The second-order valence-electron chi connectivity index (χ2n) is 4.64. The van der Waals surface area contributed by atoms with Crippen molar-refractivity contribution in [2.24, 2.45) is 5.73 Å². The maximum atomic E-state index is 11.9. The highest BCUT2D eigenvalue weighted by molar-refractivity contribution is 6.06. The zero-order valence-electron chi connectivity index (χ0n) is 9.44. The number of hydrogen-bond donors (Lipinski definition) is 2. The van der Waals surface area contributed by atoms with Gasteiger partial charge in [-0.3, -0.25) is 4.79 Å². The molecule has 0 atom stereocenters. The van der Waals surface area contributed by atoms with Gasteiger partial charge in [-0.15, -0.1) is 0 Å². The van der Waals surface area contributed by atoms with Crippen molar-refractivity contribution >= 4 is 22.4 Å². The molecule has 3 rings (SSSR count). The van der Waals surface area contributed by atoms with E-state index in [0.717, 1.165) is 29.3 Å². The van der Waals surface area contributed by atoms with Gasteiger partial charge in [-0.2, -0.15) is 0 Å².